The molecule has 0 aliphatic heterocycles. The first-order valence-corrected chi connectivity index (χ1v) is 8.28. The smallest absolute Gasteiger partial charge is 1.00 e. The van der Waals surface area contributed by atoms with Gasteiger partial charge < -0.3 is 0 Å². The fraction of sp³-hybridized carbons (Fsp3) is 0.583. The van der Waals surface area contributed by atoms with Crippen molar-refractivity contribution in [2.45, 2.75) is 46.0 Å². The molecule has 0 saturated carbocycles. The van der Waals surface area contributed by atoms with Crippen LogP contribution in [0.15, 0.2) is 18.3 Å². The summed E-state index contributed by atoms with van der Waals surface area (Å²) >= 11 is 0. The molecular weight excluding hydrogens is 303 g/mol. The maximum absolute atomic E-state index is 10.7. The molecule has 0 spiro atoms. The molecule has 0 aliphatic carbocycles. The number of hydrogen-bond acceptors (Lipinski definition) is 1. The van der Waals surface area contributed by atoms with Gasteiger partial charge in [0.2, 0.25) is 0 Å². The predicted octanol–water partition coefficient (Wildman–Crippen LogP) is 7.01. The average Bonchev–Trinajstić information content (AvgIpc) is 2.20. The zero-order valence-electron chi connectivity index (χ0n) is 12.4. The topological polar surface area (TPSA) is 12.9 Å². The van der Waals surface area contributed by atoms with Crippen molar-refractivity contribution in [1.82, 2.24) is 4.98 Å². The summed E-state index contributed by atoms with van der Waals surface area (Å²) in [5.74, 6) is 0. The normalized spacial score (nSPS) is 14.8. The Morgan fingerprint density at radius 2 is 1.60 bits per heavy atom. The molecule has 0 atom stereocenters. The number of aromatic nitrogens is 1. The summed E-state index contributed by atoms with van der Waals surface area (Å²) in [4.78, 5) is 4.18. The van der Waals surface area contributed by atoms with Crippen LogP contribution in [0.3, 0.4) is 0 Å². The molecule has 0 N–H and O–H groups in total. The maximum atomic E-state index is 9.87. The van der Waals surface area contributed by atoms with Gasteiger partial charge >= 0.3 is 34.4 Å². The van der Waals surface area contributed by atoms with Crippen molar-refractivity contribution in [2.24, 2.45) is 0 Å². The van der Waals surface area contributed by atoms with E-state index in [0.717, 1.165) is 5.69 Å². The SMILES string of the molecule is CCCCCCc1ccnc(C)c1.F[P-](F)(F)(F)(F)F.[H+]. The van der Waals surface area contributed by atoms with Gasteiger partial charge in [-0.15, -0.1) is 0 Å². The molecule has 0 bridgehead atoms. The van der Waals surface area contributed by atoms with Crippen LogP contribution < -0.4 is 0 Å². The molecule has 0 radical (unpaired) electrons. The van der Waals surface area contributed by atoms with Crippen LogP contribution >= 0.6 is 7.81 Å². The molecule has 8 heteroatoms. The fourth-order valence-corrected chi connectivity index (χ4v) is 1.52. The van der Waals surface area contributed by atoms with Crippen molar-refractivity contribution in [3.63, 3.8) is 0 Å². The summed E-state index contributed by atoms with van der Waals surface area (Å²) in [5, 5.41) is 0. The third-order valence-electron chi connectivity index (χ3n) is 2.28. The van der Waals surface area contributed by atoms with Gasteiger partial charge in [-0.25, -0.2) is 0 Å². The first kappa shape index (κ1) is 19.2. The standard InChI is InChI=1S/C12H19N.F6P/c1-3-4-5-6-7-12-8-9-13-11(2)10-12;1-7(2,3,4,5)6/h8-10H,3-7H2,1-2H3;/q;-1/p+1. The number of aryl methyl sites for hydroxylation is 2. The number of pyridine rings is 1. The minimum absolute atomic E-state index is 0. The van der Waals surface area contributed by atoms with Crippen LogP contribution in [-0.2, 0) is 6.42 Å². The molecule has 1 heterocycles. The van der Waals surface area contributed by atoms with Crippen LogP contribution in [0.1, 0.15) is 45.3 Å². The number of hydrogen-bond donors (Lipinski definition) is 0. The number of rotatable bonds is 5. The van der Waals surface area contributed by atoms with E-state index in [-0.39, 0.29) is 1.43 Å². The molecule has 0 unspecified atom stereocenters. The van der Waals surface area contributed by atoms with Crippen LogP contribution in [0.5, 0.6) is 0 Å². The van der Waals surface area contributed by atoms with Crippen molar-refractivity contribution < 1.29 is 26.6 Å². The Morgan fingerprint density at radius 1 is 1.05 bits per heavy atom. The van der Waals surface area contributed by atoms with Gasteiger partial charge in [-0.05, 0) is 37.5 Å². The quantitative estimate of drug-likeness (QED) is 0.323. The molecule has 120 valence electrons. The summed E-state index contributed by atoms with van der Waals surface area (Å²) in [6.07, 6.45) is 8.47. The fourth-order valence-electron chi connectivity index (χ4n) is 1.52. The van der Waals surface area contributed by atoms with Gasteiger partial charge in [-0.2, -0.15) is 0 Å². The van der Waals surface area contributed by atoms with Crippen molar-refractivity contribution in [3.8, 4) is 0 Å². The second-order valence-electron chi connectivity index (χ2n) is 4.57. The number of halogens is 6. The largest absolute Gasteiger partial charge is 1.00 e. The van der Waals surface area contributed by atoms with E-state index in [4.69, 9.17) is 0 Å². The first-order chi connectivity index (χ1) is 8.78. The molecule has 20 heavy (non-hydrogen) atoms. The molecule has 1 aromatic rings. The molecule has 0 fully saturated rings. The summed E-state index contributed by atoms with van der Waals surface area (Å²) in [5.41, 5.74) is 2.57. The summed E-state index contributed by atoms with van der Waals surface area (Å²) in [7, 11) is -10.7. The van der Waals surface area contributed by atoms with Crippen molar-refractivity contribution >= 4 is 7.81 Å². The molecule has 0 aromatic carbocycles. The van der Waals surface area contributed by atoms with Crippen LogP contribution in [0.2, 0.25) is 0 Å². The van der Waals surface area contributed by atoms with E-state index in [0.29, 0.717) is 0 Å². The molecule has 1 aromatic heterocycles. The summed E-state index contributed by atoms with van der Waals surface area (Å²) in [6.45, 7) is 4.30. The van der Waals surface area contributed by atoms with Gasteiger partial charge in [0.05, 0.1) is 0 Å². The van der Waals surface area contributed by atoms with Crippen LogP contribution in [0, 0.1) is 6.92 Å². The van der Waals surface area contributed by atoms with E-state index < -0.39 is 7.81 Å². The third kappa shape index (κ3) is 19.5. The molecule has 0 aliphatic rings. The zero-order valence-corrected chi connectivity index (χ0v) is 12.3. The first-order valence-electron chi connectivity index (χ1n) is 6.26. The molecule has 1 rings (SSSR count). The second kappa shape index (κ2) is 6.29. The number of unbranched alkanes of at least 4 members (excludes halogenated alkanes) is 3. The van der Waals surface area contributed by atoms with Crippen LogP contribution in [0.25, 0.3) is 0 Å². The van der Waals surface area contributed by atoms with Gasteiger partial charge in [0.25, 0.3) is 0 Å². The Labute approximate surface area is 116 Å². The van der Waals surface area contributed by atoms with E-state index in [2.05, 4.69) is 31.0 Å². The van der Waals surface area contributed by atoms with Gasteiger partial charge in [-0.1, -0.05) is 26.2 Å². The second-order valence-corrected chi connectivity index (χ2v) is 6.49. The van der Waals surface area contributed by atoms with Crippen molar-refractivity contribution in [1.29, 1.82) is 0 Å². The van der Waals surface area contributed by atoms with Crippen LogP contribution in [-0.4, -0.2) is 4.98 Å². The maximum Gasteiger partial charge on any atom is 1.00 e. The Hall–Kier alpha value is -0.840. The van der Waals surface area contributed by atoms with Crippen LogP contribution in [0.4, 0.5) is 25.2 Å². The molecular formula is C12H20F6NP. The Bertz CT molecular complexity index is 409. The molecule has 0 amide bonds. The van der Waals surface area contributed by atoms with E-state index in [1.54, 1.807) is 0 Å². The summed E-state index contributed by atoms with van der Waals surface area (Å²) in [6, 6.07) is 4.31. The number of nitrogens with zero attached hydrogens (tertiary/aromatic N) is 1. The van der Waals surface area contributed by atoms with E-state index in [9.17, 15) is 25.2 Å². The molecule has 0 saturated heterocycles. The minimum atomic E-state index is -10.7. The van der Waals surface area contributed by atoms with Gasteiger partial charge in [0.1, 0.15) is 0 Å². The van der Waals surface area contributed by atoms with Gasteiger partial charge in [-0.3, -0.25) is 4.98 Å². The third-order valence-corrected chi connectivity index (χ3v) is 2.28. The van der Waals surface area contributed by atoms with Gasteiger partial charge in [0.15, 0.2) is 0 Å². The van der Waals surface area contributed by atoms with E-state index in [1.807, 2.05) is 6.20 Å². The molecule has 1 nitrogen and oxygen atoms in total. The zero-order chi connectivity index (χ0) is 15.9. The summed E-state index contributed by atoms with van der Waals surface area (Å²) < 4.78 is 59.2. The Balaban J connectivity index is 0. The Kier molecular flexibility index (Phi) is 6.02. The van der Waals surface area contributed by atoms with Crippen molar-refractivity contribution in [3.05, 3.63) is 29.6 Å². The van der Waals surface area contributed by atoms with Crippen molar-refractivity contribution in [2.75, 3.05) is 0 Å². The van der Waals surface area contributed by atoms with E-state index in [1.165, 1.54) is 37.7 Å². The monoisotopic (exact) mass is 323 g/mol. The van der Waals surface area contributed by atoms with Gasteiger partial charge in [0, 0.05) is 11.9 Å². The average molecular weight is 323 g/mol. The minimum Gasteiger partial charge on any atom is 1.00 e. The van der Waals surface area contributed by atoms with E-state index >= 15 is 0 Å². The Morgan fingerprint density at radius 3 is 2.05 bits per heavy atom. The predicted molar refractivity (Wildman–Crippen MR) is 71.5 cm³/mol.